The number of rotatable bonds is 5. The summed E-state index contributed by atoms with van der Waals surface area (Å²) in [6.45, 7) is 3.70. The third kappa shape index (κ3) is 4.31. The highest BCUT2D eigenvalue weighted by atomic mass is 35.5. The van der Waals surface area contributed by atoms with Crippen LogP contribution < -0.4 is 5.56 Å². The number of fused-ring (bicyclic) bond motifs is 1. The molecule has 1 aromatic heterocycles. The van der Waals surface area contributed by atoms with Crippen LogP contribution in [0.5, 0.6) is 0 Å². The molecule has 0 radical (unpaired) electrons. The minimum Gasteiger partial charge on any atom is -0.381 e. The Hall–Kier alpha value is -1.57. The molecule has 1 saturated heterocycles. The molecule has 3 rings (SSSR count). The number of aromatic nitrogens is 2. The van der Waals surface area contributed by atoms with Gasteiger partial charge in [0.15, 0.2) is 5.16 Å². The average Bonchev–Trinajstić information content (AvgIpc) is 2.67. The molecule has 1 aromatic carbocycles. The molecule has 0 spiro atoms. The number of benzene rings is 1. The van der Waals surface area contributed by atoms with Gasteiger partial charge in [0.05, 0.1) is 16.2 Å². The number of carbonyl (C=O) groups is 1. The van der Waals surface area contributed by atoms with Crippen LogP contribution >= 0.6 is 23.4 Å². The summed E-state index contributed by atoms with van der Waals surface area (Å²) in [5.74, 6) is 0.238. The Bertz CT molecular complexity index is 894. The smallest absolute Gasteiger partial charge is 0.262 e. The van der Waals surface area contributed by atoms with Gasteiger partial charge < -0.3 is 9.64 Å². The molecule has 0 saturated carbocycles. The predicted molar refractivity (Wildman–Crippen MR) is 109 cm³/mol. The molecule has 6 nitrogen and oxygen atoms in total. The number of hydrogen-bond donors (Lipinski definition) is 0. The largest absolute Gasteiger partial charge is 0.381 e. The summed E-state index contributed by atoms with van der Waals surface area (Å²) in [5.41, 5.74) is 0.468. The van der Waals surface area contributed by atoms with E-state index in [4.69, 9.17) is 16.3 Å². The van der Waals surface area contributed by atoms with E-state index in [1.165, 1.54) is 11.8 Å². The second kappa shape index (κ2) is 8.63. The van der Waals surface area contributed by atoms with Crippen molar-refractivity contribution in [3.05, 3.63) is 33.6 Å². The van der Waals surface area contributed by atoms with Crippen LogP contribution in [0, 0.1) is 5.92 Å². The van der Waals surface area contributed by atoms with Crippen LogP contribution in [-0.2, 0) is 16.1 Å². The zero-order valence-corrected chi connectivity index (χ0v) is 17.3. The van der Waals surface area contributed by atoms with Crippen molar-refractivity contribution in [1.29, 1.82) is 0 Å². The first-order chi connectivity index (χ1) is 12.9. The van der Waals surface area contributed by atoms with Crippen molar-refractivity contribution in [2.75, 3.05) is 27.3 Å². The summed E-state index contributed by atoms with van der Waals surface area (Å²) >= 11 is 7.43. The van der Waals surface area contributed by atoms with Crippen LogP contribution in [0.3, 0.4) is 0 Å². The van der Waals surface area contributed by atoms with Crippen molar-refractivity contribution < 1.29 is 9.53 Å². The highest BCUT2D eigenvalue weighted by Crippen LogP contribution is 2.33. The van der Waals surface area contributed by atoms with E-state index in [0.29, 0.717) is 40.8 Å². The fourth-order valence-electron chi connectivity index (χ4n) is 3.28. The van der Waals surface area contributed by atoms with Gasteiger partial charge in [-0.15, -0.1) is 0 Å². The monoisotopic (exact) mass is 409 g/mol. The summed E-state index contributed by atoms with van der Waals surface area (Å²) < 4.78 is 7.08. The number of ether oxygens (including phenoxy) is 1. The van der Waals surface area contributed by atoms with Gasteiger partial charge in [-0.3, -0.25) is 14.2 Å². The number of thioether (sulfide) groups is 1. The fourth-order valence-corrected chi connectivity index (χ4v) is 4.94. The lowest BCUT2D eigenvalue weighted by Crippen LogP contribution is -2.39. The standard InChI is InChI=1S/C19H24ClN3O3S/c1-4-23-17(24)14-11-13(20)5-6-15(14)21-19(23)27-16(18(25)22(2)3)12-7-9-26-10-8-12/h5-6,11-12,16H,4,7-10H2,1-3H3. The lowest BCUT2D eigenvalue weighted by Gasteiger charge is -2.30. The van der Waals surface area contributed by atoms with Crippen LogP contribution in [0.15, 0.2) is 28.2 Å². The Labute approximate surface area is 167 Å². The summed E-state index contributed by atoms with van der Waals surface area (Å²) in [6, 6.07) is 5.12. The van der Waals surface area contributed by atoms with Gasteiger partial charge in [-0.25, -0.2) is 4.98 Å². The van der Waals surface area contributed by atoms with Crippen molar-refractivity contribution >= 4 is 40.2 Å². The Morgan fingerprint density at radius 3 is 2.74 bits per heavy atom. The van der Waals surface area contributed by atoms with E-state index in [2.05, 4.69) is 4.98 Å². The number of carbonyl (C=O) groups excluding carboxylic acids is 1. The summed E-state index contributed by atoms with van der Waals surface area (Å²) in [5, 5.41) is 1.28. The second-order valence-electron chi connectivity index (χ2n) is 6.83. The lowest BCUT2D eigenvalue weighted by molar-refractivity contribution is -0.129. The van der Waals surface area contributed by atoms with Crippen molar-refractivity contribution in [2.24, 2.45) is 5.92 Å². The zero-order chi connectivity index (χ0) is 19.6. The highest BCUT2D eigenvalue weighted by molar-refractivity contribution is 8.00. The van der Waals surface area contributed by atoms with E-state index in [1.807, 2.05) is 6.92 Å². The van der Waals surface area contributed by atoms with E-state index in [-0.39, 0.29) is 22.6 Å². The topological polar surface area (TPSA) is 64.4 Å². The summed E-state index contributed by atoms with van der Waals surface area (Å²) in [6.07, 6.45) is 1.66. The molecule has 8 heteroatoms. The molecule has 0 N–H and O–H groups in total. The van der Waals surface area contributed by atoms with Gasteiger partial charge in [0, 0.05) is 38.9 Å². The van der Waals surface area contributed by atoms with Gasteiger partial charge in [0.25, 0.3) is 5.56 Å². The molecule has 1 unspecified atom stereocenters. The SMILES string of the molecule is CCn1c(SC(C(=O)N(C)C)C2CCOCC2)nc2ccc(Cl)cc2c1=O. The highest BCUT2D eigenvalue weighted by Gasteiger charge is 2.33. The predicted octanol–water partition coefficient (Wildman–Crippen LogP) is 3.05. The molecule has 1 aliphatic rings. The first kappa shape index (κ1) is 20.2. The molecule has 2 heterocycles. The molecule has 1 amide bonds. The number of hydrogen-bond acceptors (Lipinski definition) is 5. The lowest BCUT2D eigenvalue weighted by atomic mass is 9.95. The maximum atomic E-state index is 12.9. The zero-order valence-electron chi connectivity index (χ0n) is 15.8. The molecule has 1 fully saturated rings. The van der Waals surface area contributed by atoms with Crippen LogP contribution in [0.25, 0.3) is 10.9 Å². The Kier molecular flexibility index (Phi) is 6.44. The third-order valence-electron chi connectivity index (χ3n) is 4.81. The normalized spacial score (nSPS) is 16.4. The van der Waals surface area contributed by atoms with Crippen LogP contribution in [0.4, 0.5) is 0 Å². The number of amides is 1. The van der Waals surface area contributed by atoms with Gasteiger partial charge in [0.2, 0.25) is 5.91 Å². The van der Waals surface area contributed by atoms with E-state index < -0.39 is 0 Å². The molecule has 0 aliphatic carbocycles. The molecular weight excluding hydrogens is 386 g/mol. The minimum atomic E-state index is -0.293. The van der Waals surface area contributed by atoms with Crippen molar-refractivity contribution in [3.8, 4) is 0 Å². The minimum absolute atomic E-state index is 0.0417. The van der Waals surface area contributed by atoms with Crippen molar-refractivity contribution in [2.45, 2.75) is 36.7 Å². The fraction of sp³-hybridized carbons (Fsp3) is 0.526. The van der Waals surface area contributed by atoms with Gasteiger partial charge in [-0.2, -0.15) is 0 Å². The average molecular weight is 410 g/mol. The van der Waals surface area contributed by atoms with Gasteiger partial charge in [0.1, 0.15) is 0 Å². The van der Waals surface area contributed by atoms with Crippen LogP contribution in [0.2, 0.25) is 5.02 Å². The second-order valence-corrected chi connectivity index (χ2v) is 8.37. The van der Waals surface area contributed by atoms with E-state index in [1.54, 1.807) is 41.8 Å². The molecule has 0 bridgehead atoms. The third-order valence-corrected chi connectivity index (χ3v) is 6.41. The molecule has 27 heavy (non-hydrogen) atoms. The maximum absolute atomic E-state index is 12.9. The van der Waals surface area contributed by atoms with Gasteiger partial charge in [-0.1, -0.05) is 23.4 Å². The molecular formula is C19H24ClN3O3S. The first-order valence-corrected chi connectivity index (χ1v) is 10.3. The molecule has 1 aliphatic heterocycles. The Morgan fingerprint density at radius 1 is 1.41 bits per heavy atom. The molecule has 1 atom stereocenters. The first-order valence-electron chi connectivity index (χ1n) is 9.08. The summed E-state index contributed by atoms with van der Waals surface area (Å²) in [4.78, 5) is 32.1. The quantitative estimate of drug-likeness (QED) is 0.561. The van der Waals surface area contributed by atoms with Crippen LogP contribution in [-0.4, -0.2) is 52.9 Å². The van der Waals surface area contributed by atoms with E-state index in [9.17, 15) is 9.59 Å². The Balaban J connectivity index is 2.04. The van der Waals surface area contributed by atoms with Crippen molar-refractivity contribution in [3.63, 3.8) is 0 Å². The van der Waals surface area contributed by atoms with Crippen LogP contribution in [0.1, 0.15) is 19.8 Å². The van der Waals surface area contributed by atoms with Gasteiger partial charge in [-0.05, 0) is 43.9 Å². The summed E-state index contributed by atoms with van der Waals surface area (Å²) in [7, 11) is 3.52. The number of halogens is 1. The Morgan fingerprint density at radius 2 is 2.11 bits per heavy atom. The van der Waals surface area contributed by atoms with Gasteiger partial charge >= 0.3 is 0 Å². The maximum Gasteiger partial charge on any atom is 0.262 e. The number of nitrogens with zero attached hydrogens (tertiary/aromatic N) is 3. The van der Waals surface area contributed by atoms with E-state index >= 15 is 0 Å². The van der Waals surface area contributed by atoms with E-state index in [0.717, 1.165) is 12.8 Å². The van der Waals surface area contributed by atoms with Crippen molar-refractivity contribution in [1.82, 2.24) is 14.5 Å². The molecule has 146 valence electrons. The molecule has 2 aromatic rings.